The molecule has 126 valence electrons. The molecule has 0 spiro atoms. The van der Waals surface area contributed by atoms with Crippen LogP contribution in [0, 0.1) is 5.82 Å². The van der Waals surface area contributed by atoms with E-state index in [1.165, 1.54) is 12.1 Å². The van der Waals surface area contributed by atoms with E-state index in [1.54, 1.807) is 17.0 Å². The lowest BCUT2D eigenvalue weighted by Crippen LogP contribution is -2.38. The first-order chi connectivity index (χ1) is 11.1. The first kappa shape index (κ1) is 17.4. The molecule has 1 aromatic rings. The summed E-state index contributed by atoms with van der Waals surface area (Å²) in [7, 11) is 0. The number of rotatable bonds is 5. The monoisotopic (exact) mass is 321 g/mol. The van der Waals surface area contributed by atoms with E-state index in [0.717, 1.165) is 6.42 Å². The van der Waals surface area contributed by atoms with Crippen LogP contribution < -0.4 is 5.73 Å². The summed E-state index contributed by atoms with van der Waals surface area (Å²) in [5.74, 6) is -0.246. The normalized spacial score (nSPS) is 15.4. The fourth-order valence-corrected chi connectivity index (χ4v) is 2.76. The summed E-state index contributed by atoms with van der Waals surface area (Å²) < 4.78 is 13.2. The van der Waals surface area contributed by atoms with Gasteiger partial charge in [-0.15, -0.1) is 0 Å². The van der Waals surface area contributed by atoms with Crippen LogP contribution in [0.5, 0.6) is 0 Å². The zero-order valence-corrected chi connectivity index (χ0v) is 13.3. The zero-order chi connectivity index (χ0) is 16.7. The molecule has 0 bridgehead atoms. The Balaban J connectivity index is 1.87. The van der Waals surface area contributed by atoms with Gasteiger partial charge in [0.1, 0.15) is 5.82 Å². The SMILES string of the molecule is NCCCC(=O)N1CCCN(C(=O)Cc2cccc(F)c2)CC1. The average molecular weight is 321 g/mol. The maximum atomic E-state index is 13.2. The molecule has 0 atom stereocenters. The third kappa shape index (κ3) is 5.32. The van der Waals surface area contributed by atoms with Gasteiger partial charge in [0.2, 0.25) is 11.8 Å². The zero-order valence-electron chi connectivity index (χ0n) is 13.3. The highest BCUT2D eigenvalue weighted by molar-refractivity contribution is 5.79. The summed E-state index contributed by atoms with van der Waals surface area (Å²) in [6.45, 7) is 2.90. The van der Waals surface area contributed by atoms with Crippen LogP contribution in [0.25, 0.3) is 0 Å². The second kappa shape index (κ2) is 8.62. The van der Waals surface area contributed by atoms with Gasteiger partial charge in [-0.05, 0) is 37.1 Å². The number of amides is 2. The number of carbonyl (C=O) groups is 2. The van der Waals surface area contributed by atoms with Gasteiger partial charge in [-0.25, -0.2) is 4.39 Å². The lowest BCUT2D eigenvalue weighted by Gasteiger charge is -2.22. The molecule has 0 unspecified atom stereocenters. The van der Waals surface area contributed by atoms with Crippen molar-refractivity contribution in [2.45, 2.75) is 25.7 Å². The number of hydrogen-bond acceptors (Lipinski definition) is 3. The van der Waals surface area contributed by atoms with Crippen LogP contribution >= 0.6 is 0 Å². The molecule has 2 N–H and O–H groups in total. The van der Waals surface area contributed by atoms with Crippen molar-refractivity contribution in [2.75, 3.05) is 32.7 Å². The van der Waals surface area contributed by atoms with Crippen molar-refractivity contribution in [3.63, 3.8) is 0 Å². The number of nitrogens with two attached hydrogens (primary N) is 1. The highest BCUT2D eigenvalue weighted by Gasteiger charge is 2.21. The van der Waals surface area contributed by atoms with Gasteiger partial charge in [-0.1, -0.05) is 12.1 Å². The maximum Gasteiger partial charge on any atom is 0.227 e. The van der Waals surface area contributed by atoms with Crippen LogP contribution in [0.4, 0.5) is 4.39 Å². The highest BCUT2D eigenvalue weighted by Crippen LogP contribution is 2.10. The van der Waals surface area contributed by atoms with E-state index in [-0.39, 0.29) is 24.1 Å². The van der Waals surface area contributed by atoms with Crippen LogP contribution in [-0.2, 0) is 16.0 Å². The van der Waals surface area contributed by atoms with Gasteiger partial charge >= 0.3 is 0 Å². The van der Waals surface area contributed by atoms with Crippen molar-refractivity contribution in [3.8, 4) is 0 Å². The second-order valence-electron chi connectivity index (χ2n) is 5.81. The summed E-state index contributed by atoms with van der Waals surface area (Å²) in [6.07, 6.45) is 2.12. The molecule has 1 fully saturated rings. The predicted octanol–water partition coefficient (Wildman–Crippen LogP) is 1.17. The van der Waals surface area contributed by atoms with Gasteiger partial charge in [-0.3, -0.25) is 9.59 Å². The molecule has 23 heavy (non-hydrogen) atoms. The van der Waals surface area contributed by atoms with Crippen molar-refractivity contribution in [1.29, 1.82) is 0 Å². The molecular weight excluding hydrogens is 297 g/mol. The molecule has 1 aliphatic heterocycles. The van der Waals surface area contributed by atoms with Gasteiger partial charge in [0, 0.05) is 32.6 Å². The van der Waals surface area contributed by atoms with E-state index in [2.05, 4.69) is 0 Å². The Hall–Kier alpha value is -1.95. The topological polar surface area (TPSA) is 66.6 Å². The van der Waals surface area contributed by atoms with Gasteiger partial charge in [-0.2, -0.15) is 0 Å². The quantitative estimate of drug-likeness (QED) is 0.885. The van der Waals surface area contributed by atoms with Crippen LogP contribution in [-0.4, -0.2) is 54.3 Å². The molecule has 2 amide bonds. The minimum absolute atomic E-state index is 0.0214. The van der Waals surface area contributed by atoms with Crippen molar-refractivity contribution in [1.82, 2.24) is 9.80 Å². The minimum Gasteiger partial charge on any atom is -0.341 e. The van der Waals surface area contributed by atoms with Crippen molar-refractivity contribution < 1.29 is 14.0 Å². The average Bonchev–Trinajstić information content (AvgIpc) is 2.78. The van der Waals surface area contributed by atoms with E-state index < -0.39 is 0 Å². The minimum atomic E-state index is -0.331. The number of nitrogens with zero attached hydrogens (tertiary/aromatic N) is 2. The van der Waals surface area contributed by atoms with Gasteiger partial charge < -0.3 is 15.5 Å². The van der Waals surface area contributed by atoms with E-state index in [1.807, 2.05) is 4.90 Å². The lowest BCUT2D eigenvalue weighted by molar-refractivity contribution is -0.133. The molecule has 1 heterocycles. The standard InChI is InChI=1S/C17H24FN3O2/c18-15-5-1-4-14(12-15)13-17(23)21-9-3-8-20(10-11-21)16(22)6-2-7-19/h1,4-5,12H,2-3,6-11,13,19H2. The van der Waals surface area contributed by atoms with Gasteiger partial charge in [0.25, 0.3) is 0 Å². The molecule has 5 nitrogen and oxygen atoms in total. The molecule has 0 radical (unpaired) electrons. The number of carbonyl (C=O) groups excluding carboxylic acids is 2. The second-order valence-corrected chi connectivity index (χ2v) is 5.81. The summed E-state index contributed by atoms with van der Waals surface area (Å²) in [5, 5.41) is 0. The molecule has 0 aromatic heterocycles. The molecule has 1 aliphatic rings. The van der Waals surface area contributed by atoms with E-state index >= 15 is 0 Å². The smallest absolute Gasteiger partial charge is 0.227 e. The molecule has 6 heteroatoms. The number of hydrogen-bond donors (Lipinski definition) is 1. The van der Waals surface area contributed by atoms with E-state index in [4.69, 9.17) is 5.73 Å². The van der Waals surface area contributed by atoms with E-state index in [0.29, 0.717) is 51.1 Å². The number of halogens is 1. The first-order valence-corrected chi connectivity index (χ1v) is 8.10. The van der Waals surface area contributed by atoms with Crippen molar-refractivity contribution >= 4 is 11.8 Å². The third-order valence-electron chi connectivity index (χ3n) is 4.04. The summed E-state index contributed by atoms with van der Waals surface area (Å²) in [4.78, 5) is 28.0. The molecule has 1 aromatic carbocycles. The molecule has 0 aliphatic carbocycles. The fourth-order valence-electron chi connectivity index (χ4n) is 2.76. The van der Waals surface area contributed by atoms with Crippen molar-refractivity contribution in [2.24, 2.45) is 5.73 Å². The number of benzene rings is 1. The maximum absolute atomic E-state index is 13.2. The van der Waals surface area contributed by atoms with Crippen LogP contribution in [0.1, 0.15) is 24.8 Å². The molecular formula is C17H24FN3O2. The summed E-state index contributed by atoms with van der Waals surface area (Å²) in [6, 6.07) is 6.11. The lowest BCUT2D eigenvalue weighted by atomic mass is 10.1. The molecule has 1 saturated heterocycles. The Morgan fingerprint density at radius 3 is 2.43 bits per heavy atom. The fraction of sp³-hybridized carbons (Fsp3) is 0.529. The Bertz CT molecular complexity index is 550. The first-order valence-electron chi connectivity index (χ1n) is 8.10. The van der Waals surface area contributed by atoms with Crippen LogP contribution in [0.3, 0.4) is 0 Å². The predicted molar refractivity (Wildman–Crippen MR) is 86.2 cm³/mol. The van der Waals surface area contributed by atoms with Gasteiger partial charge in [0.15, 0.2) is 0 Å². The third-order valence-corrected chi connectivity index (χ3v) is 4.04. The summed E-state index contributed by atoms with van der Waals surface area (Å²) >= 11 is 0. The van der Waals surface area contributed by atoms with Crippen LogP contribution in [0.15, 0.2) is 24.3 Å². The van der Waals surface area contributed by atoms with E-state index in [9.17, 15) is 14.0 Å². The Labute approximate surface area is 136 Å². The highest BCUT2D eigenvalue weighted by atomic mass is 19.1. The summed E-state index contributed by atoms with van der Waals surface area (Å²) in [5.41, 5.74) is 6.11. The Morgan fingerprint density at radius 2 is 1.78 bits per heavy atom. The molecule has 0 saturated carbocycles. The van der Waals surface area contributed by atoms with Gasteiger partial charge in [0.05, 0.1) is 6.42 Å². The molecule has 2 rings (SSSR count). The Morgan fingerprint density at radius 1 is 1.09 bits per heavy atom. The van der Waals surface area contributed by atoms with Crippen molar-refractivity contribution in [3.05, 3.63) is 35.6 Å². The van der Waals surface area contributed by atoms with Crippen LogP contribution in [0.2, 0.25) is 0 Å². The Kier molecular flexibility index (Phi) is 6.52. The largest absolute Gasteiger partial charge is 0.341 e.